The van der Waals surface area contributed by atoms with E-state index in [0.29, 0.717) is 38.3 Å². The van der Waals surface area contributed by atoms with Gasteiger partial charge in [-0.25, -0.2) is 8.42 Å². The van der Waals surface area contributed by atoms with Gasteiger partial charge in [0.15, 0.2) is 15.6 Å². The van der Waals surface area contributed by atoms with Crippen molar-refractivity contribution in [1.82, 2.24) is 15.0 Å². The lowest BCUT2D eigenvalue weighted by Crippen LogP contribution is -2.48. The van der Waals surface area contributed by atoms with Gasteiger partial charge in [-0.3, -0.25) is 9.69 Å². The van der Waals surface area contributed by atoms with Gasteiger partial charge in [0.2, 0.25) is 0 Å². The van der Waals surface area contributed by atoms with Crippen molar-refractivity contribution in [2.45, 2.75) is 18.4 Å². The van der Waals surface area contributed by atoms with Crippen LogP contribution in [0.3, 0.4) is 0 Å². The number of benzene rings is 1. The number of carbonyl (C=O) groups is 1. The molecule has 1 saturated heterocycles. The molecule has 1 aromatic heterocycles. The van der Waals surface area contributed by atoms with E-state index in [9.17, 15) is 13.2 Å². The van der Waals surface area contributed by atoms with E-state index >= 15 is 0 Å². The summed E-state index contributed by atoms with van der Waals surface area (Å²) in [6.07, 6.45) is 1.08. The average molecular weight is 398 g/mol. The normalized spacial score (nSPS) is 16.0. The fourth-order valence-electron chi connectivity index (χ4n) is 2.92. The number of aromatic nitrogens is 1. The van der Waals surface area contributed by atoms with Crippen LogP contribution in [0, 0.1) is 6.92 Å². The monoisotopic (exact) mass is 397 g/mol. The van der Waals surface area contributed by atoms with Gasteiger partial charge in [-0.1, -0.05) is 16.8 Å². The van der Waals surface area contributed by atoms with Crippen LogP contribution in [0.25, 0.3) is 0 Å². The lowest BCUT2D eigenvalue weighted by Gasteiger charge is -2.34. The lowest BCUT2D eigenvalue weighted by atomic mass is 10.2. The van der Waals surface area contributed by atoms with Crippen molar-refractivity contribution in [1.29, 1.82) is 0 Å². The molecule has 0 radical (unpaired) electrons. The van der Waals surface area contributed by atoms with E-state index in [1.165, 1.54) is 12.1 Å². The molecule has 1 aliphatic rings. The van der Waals surface area contributed by atoms with Gasteiger partial charge >= 0.3 is 0 Å². The van der Waals surface area contributed by atoms with E-state index in [2.05, 4.69) is 10.1 Å². The molecule has 0 atom stereocenters. The van der Waals surface area contributed by atoms with Crippen LogP contribution in [0.4, 0.5) is 0 Å². The Bertz CT molecular complexity index is 918. The van der Waals surface area contributed by atoms with Gasteiger partial charge in [-0.05, 0) is 25.1 Å². The SMILES string of the molecule is Cc1cc(CN2CCN(C(=O)c3ccc(Cl)c(S(C)(=O)=O)c3)CC2)on1. The number of rotatable bonds is 4. The topological polar surface area (TPSA) is 83.7 Å². The molecule has 1 amide bonds. The second kappa shape index (κ2) is 7.38. The first-order chi connectivity index (χ1) is 12.2. The summed E-state index contributed by atoms with van der Waals surface area (Å²) in [5, 5.41) is 4.00. The number of halogens is 1. The largest absolute Gasteiger partial charge is 0.360 e. The van der Waals surface area contributed by atoms with Crippen molar-refractivity contribution in [3.63, 3.8) is 0 Å². The first-order valence-corrected chi connectivity index (χ1v) is 10.4. The summed E-state index contributed by atoms with van der Waals surface area (Å²) in [5.74, 6) is 0.611. The van der Waals surface area contributed by atoms with Gasteiger partial charge in [0.25, 0.3) is 5.91 Å². The summed E-state index contributed by atoms with van der Waals surface area (Å²) in [7, 11) is -3.49. The molecule has 3 rings (SSSR count). The maximum atomic E-state index is 12.7. The van der Waals surface area contributed by atoms with Crippen LogP contribution >= 0.6 is 11.6 Å². The van der Waals surface area contributed by atoms with Gasteiger partial charge in [0.05, 0.1) is 22.2 Å². The summed E-state index contributed by atoms with van der Waals surface area (Å²) in [5.41, 5.74) is 1.17. The van der Waals surface area contributed by atoms with Crippen molar-refractivity contribution < 1.29 is 17.7 Å². The van der Waals surface area contributed by atoms with Crippen molar-refractivity contribution in [3.8, 4) is 0 Å². The minimum atomic E-state index is -3.49. The molecule has 0 N–H and O–H groups in total. The van der Waals surface area contributed by atoms with E-state index in [-0.39, 0.29) is 15.8 Å². The molecule has 7 nitrogen and oxygen atoms in total. The summed E-state index contributed by atoms with van der Waals surface area (Å²) in [6, 6.07) is 6.26. The quantitative estimate of drug-likeness (QED) is 0.784. The van der Waals surface area contributed by atoms with Gasteiger partial charge in [0.1, 0.15) is 0 Å². The number of hydrogen-bond acceptors (Lipinski definition) is 6. The van der Waals surface area contributed by atoms with Crippen molar-refractivity contribution in [2.24, 2.45) is 0 Å². The Labute approximate surface area is 157 Å². The zero-order valence-electron chi connectivity index (χ0n) is 14.6. The Hall–Kier alpha value is -1.90. The molecule has 2 aromatic rings. The second-order valence-corrected chi connectivity index (χ2v) is 8.81. The summed E-state index contributed by atoms with van der Waals surface area (Å²) in [6.45, 7) is 5.06. The Morgan fingerprint density at radius 2 is 1.92 bits per heavy atom. The third-order valence-electron chi connectivity index (χ3n) is 4.29. The van der Waals surface area contributed by atoms with Crippen molar-refractivity contribution >= 4 is 27.3 Å². The van der Waals surface area contributed by atoms with Gasteiger partial charge in [0, 0.05) is 44.1 Å². The van der Waals surface area contributed by atoms with Crippen LogP contribution in [0.2, 0.25) is 5.02 Å². The predicted octanol–water partition coefficient (Wildman–Crippen LogP) is 2.00. The van der Waals surface area contributed by atoms with Gasteiger partial charge in [-0.2, -0.15) is 0 Å². The second-order valence-electron chi connectivity index (χ2n) is 6.42. The van der Waals surface area contributed by atoms with Gasteiger partial charge < -0.3 is 9.42 Å². The molecular weight excluding hydrogens is 378 g/mol. The Morgan fingerprint density at radius 1 is 1.23 bits per heavy atom. The predicted molar refractivity (Wildman–Crippen MR) is 97.0 cm³/mol. The zero-order chi connectivity index (χ0) is 18.9. The summed E-state index contributed by atoms with van der Waals surface area (Å²) in [4.78, 5) is 16.6. The molecule has 9 heteroatoms. The highest BCUT2D eigenvalue weighted by molar-refractivity contribution is 7.90. The molecule has 0 aliphatic carbocycles. The van der Waals surface area contributed by atoms with Crippen LogP contribution in [0.1, 0.15) is 21.8 Å². The molecule has 0 bridgehead atoms. The Kier molecular flexibility index (Phi) is 5.36. The molecule has 0 unspecified atom stereocenters. The Balaban J connectivity index is 1.65. The highest BCUT2D eigenvalue weighted by atomic mass is 35.5. The molecule has 1 aliphatic heterocycles. The van der Waals surface area contributed by atoms with Crippen molar-refractivity contribution in [3.05, 3.63) is 46.3 Å². The summed E-state index contributed by atoms with van der Waals surface area (Å²) >= 11 is 5.94. The first-order valence-electron chi connectivity index (χ1n) is 8.17. The number of carbonyl (C=O) groups excluding carboxylic acids is 1. The smallest absolute Gasteiger partial charge is 0.253 e. The molecule has 0 saturated carbocycles. The molecule has 140 valence electrons. The lowest BCUT2D eigenvalue weighted by molar-refractivity contribution is 0.0617. The maximum absolute atomic E-state index is 12.7. The molecular formula is C17H20ClN3O4S. The van der Waals surface area contributed by atoms with Crippen LogP contribution < -0.4 is 0 Å². The van der Waals surface area contributed by atoms with Crippen LogP contribution in [0.15, 0.2) is 33.7 Å². The number of sulfone groups is 1. The minimum absolute atomic E-state index is 0.0238. The number of aryl methyl sites for hydroxylation is 1. The number of nitrogens with zero attached hydrogens (tertiary/aromatic N) is 3. The average Bonchev–Trinajstić information content (AvgIpc) is 2.99. The fourth-order valence-corrected chi connectivity index (χ4v) is 4.22. The summed E-state index contributed by atoms with van der Waals surface area (Å²) < 4.78 is 28.8. The first kappa shape index (κ1) is 18.9. The standard InChI is InChI=1S/C17H20ClN3O4S/c1-12-9-14(25-19-12)11-20-5-7-21(8-6-20)17(22)13-3-4-15(18)16(10-13)26(2,23)24/h3-4,9-10H,5-8,11H2,1-2H3. The van der Waals surface area contributed by atoms with E-state index < -0.39 is 9.84 Å². The highest BCUT2D eigenvalue weighted by Gasteiger charge is 2.24. The van der Waals surface area contributed by atoms with E-state index in [4.69, 9.17) is 16.1 Å². The molecule has 1 aromatic carbocycles. The Morgan fingerprint density at radius 3 is 2.50 bits per heavy atom. The van der Waals surface area contributed by atoms with Crippen LogP contribution in [0.5, 0.6) is 0 Å². The van der Waals surface area contributed by atoms with E-state index in [1.807, 2.05) is 13.0 Å². The number of amides is 1. The molecule has 26 heavy (non-hydrogen) atoms. The van der Waals surface area contributed by atoms with E-state index in [0.717, 1.165) is 17.7 Å². The van der Waals surface area contributed by atoms with E-state index in [1.54, 1.807) is 11.0 Å². The number of piperazine rings is 1. The van der Waals surface area contributed by atoms with Crippen LogP contribution in [-0.4, -0.2) is 61.7 Å². The zero-order valence-corrected chi connectivity index (χ0v) is 16.2. The highest BCUT2D eigenvalue weighted by Crippen LogP contribution is 2.23. The molecule has 0 spiro atoms. The molecule has 2 heterocycles. The maximum Gasteiger partial charge on any atom is 0.253 e. The molecule has 1 fully saturated rings. The fraction of sp³-hybridized carbons (Fsp3) is 0.412. The minimum Gasteiger partial charge on any atom is -0.360 e. The van der Waals surface area contributed by atoms with Crippen LogP contribution in [-0.2, 0) is 16.4 Å². The van der Waals surface area contributed by atoms with Crippen molar-refractivity contribution in [2.75, 3.05) is 32.4 Å². The third kappa shape index (κ3) is 4.25. The number of hydrogen-bond donors (Lipinski definition) is 0. The third-order valence-corrected chi connectivity index (χ3v) is 5.87. The van der Waals surface area contributed by atoms with Gasteiger partial charge in [-0.15, -0.1) is 0 Å².